The highest BCUT2D eigenvalue weighted by Crippen LogP contribution is 2.22. The van der Waals surface area contributed by atoms with Gasteiger partial charge in [-0.2, -0.15) is 5.10 Å². The molecular weight excluding hydrogens is 308 g/mol. The summed E-state index contributed by atoms with van der Waals surface area (Å²) in [6, 6.07) is 3.49. The van der Waals surface area contributed by atoms with Crippen molar-refractivity contribution in [2.45, 2.75) is 24.9 Å². The summed E-state index contributed by atoms with van der Waals surface area (Å²) in [5, 5.41) is 3.91. The van der Waals surface area contributed by atoms with E-state index in [0.29, 0.717) is 10.9 Å². The molecule has 2 aromatic rings. The van der Waals surface area contributed by atoms with Gasteiger partial charge >= 0.3 is 0 Å². The summed E-state index contributed by atoms with van der Waals surface area (Å²) < 4.78 is 28.7. The minimum atomic E-state index is -3.66. The number of halogens is 1. The zero-order valence-electron chi connectivity index (χ0n) is 10.1. The van der Waals surface area contributed by atoms with Crippen molar-refractivity contribution in [2.75, 3.05) is 5.73 Å². The third-order valence-corrected chi connectivity index (χ3v) is 5.08. The second-order valence-corrected chi connectivity index (χ2v) is 7.30. The van der Waals surface area contributed by atoms with Crippen molar-refractivity contribution >= 4 is 38.8 Å². The van der Waals surface area contributed by atoms with Gasteiger partial charge in [-0.15, -0.1) is 11.3 Å². The number of thiophene rings is 1. The smallest absolute Gasteiger partial charge is 0.246 e. The third kappa shape index (κ3) is 3.27. The Kier molecular flexibility index (Phi) is 4.14. The first-order valence-electron chi connectivity index (χ1n) is 5.49. The highest BCUT2D eigenvalue weighted by atomic mass is 35.5. The van der Waals surface area contributed by atoms with Crippen LogP contribution in [0.15, 0.2) is 23.2 Å². The lowest BCUT2D eigenvalue weighted by Gasteiger charge is -2.03. The number of aryl methyl sites for hydroxylation is 1. The zero-order chi connectivity index (χ0) is 14.0. The summed E-state index contributed by atoms with van der Waals surface area (Å²) >= 11 is 7.11. The number of nitrogens with one attached hydrogen (secondary N) is 1. The van der Waals surface area contributed by atoms with Gasteiger partial charge in [-0.1, -0.05) is 11.6 Å². The molecule has 0 saturated heterocycles. The fraction of sp³-hybridized carbons (Fsp3) is 0.300. The van der Waals surface area contributed by atoms with Gasteiger partial charge in [0.25, 0.3) is 0 Å². The summed E-state index contributed by atoms with van der Waals surface area (Å²) in [7, 11) is -3.66. The number of anilines is 1. The first kappa shape index (κ1) is 14.3. The minimum Gasteiger partial charge on any atom is -0.381 e. The van der Waals surface area contributed by atoms with E-state index in [2.05, 4.69) is 9.82 Å². The summed E-state index contributed by atoms with van der Waals surface area (Å²) in [4.78, 5) is 0.826. The molecule has 0 atom stereocenters. The topological polar surface area (TPSA) is 90.0 Å². The Morgan fingerprint density at radius 3 is 2.79 bits per heavy atom. The maximum atomic E-state index is 12.1. The van der Waals surface area contributed by atoms with E-state index in [1.165, 1.54) is 22.2 Å². The van der Waals surface area contributed by atoms with E-state index in [9.17, 15) is 8.42 Å². The van der Waals surface area contributed by atoms with Crippen LogP contribution in [0.4, 0.5) is 5.82 Å². The molecule has 0 unspecified atom stereocenters. The molecule has 104 valence electrons. The van der Waals surface area contributed by atoms with Crippen LogP contribution in [-0.2, 0) is 23.1 Å². The van der Waals surface area contributed by atoms with Crippen LogP contribution in [-0.4, -0.2) is 18.2 Å². The van der Waals surface area contributed by atoms with Gasteiger partial charge in [0.2, 0.25) is 10.0 Å². The normalized spacial score (nSPS) is 11.9. The summed E-state index contributed by atoms with van der Waals surface area (Å²) in [6.07, 6.45) is 1.42. The van der Waals surface area contributed by atoms with Crippen molar-refractivity contribution in [3.8, 4) is 0 Å². The Hall–Kier alpha value is -1.09. The molecule has 0 saturated carbocycles. The van der Waals surface area contributed by atoms with Gasteiger partial charge in [0, 0.05) is 24.2 Å². The number of nitrogens with zero attached hydrogens (tertiary/aromatic N) is 2. The van der Waals surface area contributed by atoms with Gasteiger partial charge in [0.1, 0.15) is 4.90 Å². The van der Waals surface area contributed by atoms with Crippen LogP contribution in [0.3, 0.4) is 0 Å². The first-order valence-corrected chi connectivity index (χ1v) is 8.17. The van der Waals surface area contributed by atoms with E-state index in [1.807, 2.05) is 6.92 Å². The Balaban J connectivity index is 2.15. The molecule has 3 N–H and O–H groups in total. The van der Waals surface area contributed by atoms with Crippen LogP contribution < -0.4 is 10.5 Å². The number of nitrogen functional groups attached to an aromatic ring is 1. The number of nitrogens with two attached hydrogens (primary N) is 1. The van der Waals surface area contributed by atoms with Crippen LogP contribution in [0.2, 0.25) is 4.34 Å². The average Bonchev–Trinajstić information content (AvgIpc) is 2.93. The average molecular weight is 321 g/mol. The predicted octanol–water partition coefficient (Wildman–Crippen LogP) is 1.68. The molecule has 19 heavy (non-hydrogen) atoms. The lowest BCUT2D eigenvalue weighted by atomic mass is 10.5. The molecule has 0 spiro atoms. The van der Waals surface area contributed by atoms with Crippen molar-refractivity contribution in [1.29, 1.82) is 0 Å². The Labute approximate surface area is 120 Å². The molecule has 0 aliphatic carbocycles. The molecule has 0 amide bonds. The van der Waals surface area contributed by atoms with Crippen molar-refractivity contribution in [2.24, 2.45) is 0 Å². The lowest BCUT2D eigenvalue weighted by Crippen LogP contribution is -2.23. The van der Waals surface area contributed by atoms with Crippen molar-refractivity contribution in [3.05, 3.63) is 27.5 Å². The highest BCUT2D eigenvalue weighted by molar-refractivity contribution is 7.89. The van der Waals surface area contributed by atoms with Gasteiger partial charge in [-0.05, 0) is 19.1 Å². The second-order valence-electron chi connectivity index (χ2n) is 3.76. The van der Waals surface area contributed by atoms with Gasteiger partial charge in [-0.25, -0.2) is 13.1 Å². The lowest BCUT2D eigenvalue weighted by molar-refractivity contribution is 0.581. The van der Waals surface area contributed by atoms with Gasteiger partial charge < -0.3 is 5.73 Å². The molecule has 0 aliphatic rings. The standard InChI is InChI=1S/C10H13ClN4O2S2/c1-2-15-6-8(10(12)14-15)19(16,17)13-5-7-3-4-9(11)18-7/h3-4,6,13H,2,5H2,1H3,(H2,12,14). The Morgan fingerprint density at radius 1 is 1.53 bits per heavy atom. The number of rotatable bonds is 5. The van der Waals surface area contributed by atoms with Gasteiger partial charge in [-0.3, -0.25) is 4.68 Å². The molecule has 9 heteroatoms. The van der Waals surface area contributed by atoms with Crippen LogP contribution >= 0.6 is 22.9 Å². The van der Waals surface area contributed by atoms with E-state index in [4.69, 9.17) is 17.3 Å². The highest BCUT2D eigenvalue weighted by Gasteiger charge is 2.20. The van der Waals surface area contributed by atoms with E-state index in [1.54, 1.807) is 12.1 Å². The van der Waals surface area contributed by atoms with Crippen LogP contribution in [0.5, 0.6) is 0 Å². The van der Waals surface area contributed by atoms with Crippen molar-refractivity contribution < 1.29 is 8.42 Å². The number of hydrogen-bond donors (Lipinski definition) is 2. The largest absolute Gasteiger partial charge is 0.381 e. The summed E-state index contributed by atoms with van der Waals surface area (Å²) in [5.41, 5.74) is 5.61. The quantitative estimate of drug-likeness (QED) is 0.877. The second kappa shape index (κ2) is 5.49. The van der Waals surface area contributed by atoms with Crippen LogP contribution in [0, 0.1) is 0 Å². The van der Waals surface area contributed by atoms with Crippen molar-refractivity contribution in [1.82, 2.24) is 14.5 Å². The molecular formula is C10H13ClN4O2S2. The maximum Gasteiger partial charge on any atom is 0.246 e. The molecule has 2 rings (SSSR count). The number of hydrogen-bond acceptors (Lipinski definition) is 5. The SMILES string of the molecule is CCn1cc(S(=O)(=O)NCc2ccc(Cl)s2)c(N)n1. The summed E-state index contributed by atoms with van der Waals surface area (Å²) in [5.74, 6) is -0.00133. The third-order valence-electron chi connectivity index (χ3n) is 2.43. The minimum absolute atomic E-state index is 0.00133. The van der Waals surface area contributed by atoms with Crippen LogP contribution in [0.1, 0.15) is 11.8 Å². The van der Waals surface area contributed by atoms with E-state index in [-0.39, 0.29) is 17.3 Å². The van der Waals surface area contributed by atoms with Crippen LogP contribution in [0.25, 0.3) is 0 Å². The molecule has 0 aliphatic heterocycles. The maximum absolute atomic E-state index is 12.1. The van der Waals surface area contributed by atoms with E-state index >= 15 is 0 Å². The Bertz CT molecular complexity index is 678. The molecule has 0 aromatic carbocycles. The first-order chi connectivity index (χ1) is 8.92. The van der Waals surface area contributed by atoms with Gasteiger partial charge in [0.15, 0.2) is 5.82 Å². The Morgan fingerprint density at radius 2 is 2.26 bits per heavy atom. The van der Waals surface area contributed by atoms with E-state index < -0.39 is 10.0 Å². The molecule has 2 heterocycles. The fourth-order valence-corrected chi connectivity index (χ4v) is 3.67. The van der Waals surface area contributed by atoms with E-state index in [0.717, 1.165) is 4.88 Å². The monoisotopic (exact) mass is 320 g/mol. The number of aromatic nitrogens is 2. The fourth-order valence-electron chi connectivity index (χ4n) is 1.48. The molecule has 6 nitrogen and oxygen atoms in total. The molecule has 0 bridgehead atoms. The van der Waals surface area contributed by atoms with Gasteiger partial charge in [0.05, 0.1) is 4.34 Å². The summed E-state index contributed by atoms with van der Waals surface area (Å²) in [6.45, 7) is 2.58. The van der Waals surface area contributed by atoms with Crippen molar-refractivity contribution in [3.63, 3.8) is 0 Å². The zero-order valence-corrected chi connectivity index (χ0v) is 12.5. The predicted molar refractivity (Wildman–Crippen MR) is 75.7 cm³/mol. The molecule has 0 fully saturated rings. The molecule has 0 radical (unpaired) electrons. The molecule has 2 aromatic heterocycles. The number of sulfonamides is 1.